The van der Waals surface area contributed by atoms with Crippen LogP contribution in [0.2, 0.25) is 0 Å². The van der Waals surface area contributed by atoms with E-state index in [0.717, 1.165) is 11.1 Å². The van der Waals surface area contributed by atoms with Crippen molar-refractivity contribution in [3.05, 3.63) is 59.2 Å². The summed E-state index contributed by atoms with van der Waals surface area (Å²) in [6, 6.07) is 12.3. The molecule has 0 amide bonds. The average Bonchev–Trinajstić information content (AvgIpc) is 2.54. The van der Waals surface area contributed by atoms with Crippen molar-refractivity contribution in [2.45, 2.75) is 24.2 Å². The molecule has 0 heterocycles. The molecule has 0 saturated carbocycles. The minimum Gasteiger partial charge on any atom is -0.495 e. The van der Waals surface area contributed by atoms with Crippen LogP contribution in [0.15, 0.2) is 47.4 Å². The summed E-state index contributed by atoms with van der Waals surface area (Å²) in [6.07, 6.45) is 0. The van der Waals surface area contributed by atoms with Crippen LogP contribution in [0, 0.1) is 0 Å². The summed E-state index contributed by atoms with van der Waals surface area (Å²) in [6.45, 7) is 1.47. The van der Waals surface area contributed by atoms with Gasteiger partial charge in [-0.1, -0.05) is 24.3 Å². The topological polar surface area (TPSA) is 63.6 Å². The molecule has 0 spiro atoms. The first-order valence-electron chi connectivity index (χ1n) is 6.81. The lowest BCUT2D eigenvalue weighted by Crippen LogP contribution is -2.02. The van der Waals surface area contributed by atoms with Crippen molar-refractivity contribution in [2.24, 2.45) is 0 Å². The van der Waals surface area contributed by atoms with E-state index in [0.29, 0.717) is 22.0 Å². The van der Waals surface area contributed by atoms with Gasteiger partial charge < -0.3 is 9.84 Å². The van der Waals surface area contributed by atoms with Crippen molar-refractivity contribution in [1.29, 1.82) is 0 Å². The van der Waals surface area contributed by atoms with Crippen molar-refractivity contribution >= 4 is 16.6 Å². The predicted octanol–water partition coefficient (Wildman–Crippen LogP) is 2.70. The second kappa shape index (κ2) is 7.33. The molecule has 0 bridgehead atoms. The van der Waals surface area contributed by atoms with E-state index in [1.807, 2.05) is 24.3 Å². The molecule has 0 aromatic heterocycles. The summed E-state index contributed by atoms with van der Waals surface area (Å²) >= 11 is 0. The quantitative estimate of drug-likeness (QED) is 0.832. The third kappa shape index (κ3) is 3.81. The van der Waals surface area contributed by atoms with Crippen molar-refractivity contribution in [1.82, 2.24) is 0 Å². The largest absolute Gasteiger partial charge is 0.495 e. The number of aliphatic hydroxyl groups is 1. The highest BCUT2D eigenvalue weighted by Gasteiger charge is 2.13. The van der Waals surface area contributed by atoms with Crippen LogP contribution in [0.4, 0.5) is 0 Å². The van der Waals surface area contributed by atoms with E-state index in [9.17, 15) is 9.00 Å². The lowest BCUT2D eigenvalue weighted by molar-refractivity contribution is 0.101. The number of ketones is 1. The van der Waals surface area contributed by atoms with Gasteiger partial charge in [-0.2, -0.15) is 0 Å². The Hall–Kier alpha value is -1.98. The zero-order chi connectivity index (χ0) is 16.1. The van der Waals surface area contributed by atoms with Crippen LogP contribution in [0.1, 0.15) is 28.4 Å². The number of ether oxygens (including phenoxy) is 1. The summed E-state index contributed by atoms with van der Waals surface area (Å²) in [5.41, 5.74) is 2.26. The summed E-state index contributed by atoms with van der Waals surface area (Å²) in [4.78, 5) is 12.0. The Morgan fingerprint density at radius 2 is 1.77 bits per heavy atom. The molecular formula is C17H18O4S. The van der Waals surface area contributed by atoms with Gasteiger partial charge in [0.1, 0.15) is 5.75 Å². The Bertz CT molecular complexity index is 692. The molecule has 1 N–H and O–H groups in total. The molecule has 22 heavy (non-hydrogen) atoms. The molecule has 5 heteroatoms. The summed E-state index contributed by atoms with van der Waals surface area (Å²) in [7, 11) is 0.221. The van der Waals surface area contributed by atoms with Gasteiger partial charge in [0.25, 0.3) is 0 Å². The van der Waals surface area contributed by atoms with Crippen LogP contribution in [-0.4, -0.2) is 22.2 Å². The molecule has 4 nitrogen and oxygen atoms in total. The fourth-order valence-corrected chi connectivity index (χ4v) is 3.28. The number of benzene rings is 2. The Labute approximate surface area is 132 Å². The highest BCUT2D eigenvalue weighted by Crippen LogP contribution is 2.25. The van der Waals surface area contributed by atoms with Gasteiger partial charge >= 0.3 is 0 Å². The summed E-state index contributed by atoms with van der Waals surface area (Å²) in [5.74, 6) is 0.745. The predicted molar refractivity (Wildman–Crippen MR) is 85.5 cm³/mol. The first-order chi connectivity index (χ1) is 10.5. The van der Waals surface area contributed by atoms with E-state index >= 15 is 0 Å². The van der Waals surface area contributed by atoms with Gasteiger partial charge in [0.05, 0.1) is 35.2 Å². The zero-order valence-electron chi connectivity index (χ0n) is 12.5. The first kappa shape index (κ1) is 16.4. The number of Topliss-reactive ketones (excluding diaryl/α,β-unsaturated/α-hetero) is 1. The Morgan fingerprint density at radius 1 is 1.14 bits per heavy atom. The highest BCUT2D eigenvalue weighted by atomic mass is 32.2. The molecule has 2 aromatic rings. The molecule has 0 fully saturated rings. The van der Waals surface area contributed by atoms with Gasteiger partial charge in [-0.25, -0.2) is 0 Å². The average molecular weight is 318 g/mol. The fourth-order valence-electron chi connectivity index (χ4n) is 2.04. The van der Waals surface area contributed by atoms with E-state index in [-0.39, 0.29) is 12.4 Å². The number of carbonyl (C=O) groups is 1. The van der Waals surface area contributed by atoms with E-state index in [4.69, 9.17) is 9.84 Å². The zero-order valence-corrected chi connectivity index (χ0v) is 13.4. The maximum atomic E-state index is 12.5. The van der Waals surface area contributed by atoms with Crippen LogP contribution in [0.25, 0.3) is 0 Å². The molecule has 2 aromatic carbocycles. The van der Waals surface area contributed by atoms with E-state index in [1.54, 1.807) is 18.2 Å². The van der Waals surface area contributed by atoms with Crippen LogP contribution in [0.5, 0.6) is 5.75 Å². The maximum Gasteiger partial charge on any atom is 0.159 e. The number of carbonyl (C=O) groups excluding carboxylic acids is 1. The maximum absolute atomic E-state index is 12.5. The number of methoxy groups -OCH3 is 1. The van der Waals surface area contributed by atoms with Crippen molar-refractivity contribution < 1.29 is 18.8 Å². The molecule has 1 unspecified atom stereocenters. The van der Waals surface area contributed by atoms with E-state index < -0.39 is 10.8 Å². The number of rotatable bonds is 6. The van der Waals surface area contributed by atoms with Crippen LogP contribution in [0.3, 0.4) is 0 Å². The molecule has 0 aliphatic carbocycles. The van der Waals surface area contributed by atoms with Crippen LogP contribution < -0.4 is 4.74 Å². The van der Waals surface area contributed by atoms with Crippen molar-refractivity contribution in [3.8, 4) is 5.75 Å². The van der Waals surface area contributed by atoms with E-state index in [2.05, 4.69) is 0 Å². The van der Waals surface area contributed by atoms with Crippen LogP contribution in [-0.2, 0) is 23.2 Å². The molecule has 2 rings (SSSR count). The monoisotopic (exact) mass is 318 g/mol. The van der Waals surface area contributed by atoms with Gasteiger partial charge in [0.15, 0.2) is 5.78 Å². The third-order valence-corrected chi connectivity index (χ3v) is 4.74. The molecule has 116 valence electrons. The Kier molecular flexibility index (Phi) is 5.46. The lowest BCUT2D eigenvalue weighted by Gasteiger charge is -2.10. The third-order valence-electron chi connectivity index (χ3n) is 3.32. The smallest absolute Gasteiger partial charge is 0.159 e. The minimum atomic E-state index is -1.27. The summed E-state index contributed by atoms with van der Waals surface area (Å²) in [5, 5.41) is 9.02. The lowest BCUT2D eigenvalue weighted by atomic mass is 10.1. The van der Waals surface area contributed by atoms with Crippen LogP contribution >= 0.6 is 0 Å². The van der Waals surface area contributed by atoms with Crippen molar-refractivity contribution in [2.75, 3.05) is 7.11 Å². The minimum absolute atomic E-state index is 0.0102. The molecule has 0 saturated heterocycles. The highest BCUT2D eigenvalue weighted by molar-refractivity contribution is 7.84. The van der Waals surface area contributed by atoms with Gasteiger partial charge in [0, 0.05) is 5.56 Å². The second-order valence-corrected chi connectivity index (χ2v) is 6.31. The van der Waals surface area contributed by atoms with E-state index in [1.165, 1.54) is 14.0 Å². The van der Waals surface area contributed by atoms with Gasteiger partial charge in [-0.15, -0.1) is 0 Å². The number of hydrogen-bond acceptors (Lipinski definition) is 4. The second-order valence-electron chi connectivity index (χ2n) is 4.89. The SMILES string of the molecule is COc1cc(C(C)=O)ccc1S(=O)Cc1ccc(CO)cc1. The van der Waals surface area contributed by atoms with Crippen molar-refractivity contribution in [3.63, 3.8) is 0 Å². The molecule has 0 radical (unpaired) electrons. The molecule has 0 aliphatic rings. The van der Waals surface area contributed by atoms with Gasteiger partial charge in [-0.05, 0) is 36.2 Å². The molecule has 1 atom stereocenters. The van der Waals surface area contributed by atoms with Gasteiger partial charge in [-0.3, -0.25) is 9.00 Å². The normalized spacial score (nSPS) is 12.0. The Morgan fingerprint density at radius 3 is 2.32 bits per heavy atom. The first-order valence-corrected chi connectivity index (χ1v) is 8.13. The number of hydrogen-bond donors (Lipinski definition) is 1. The fraction of sp³-hybridized carbons (Fsp3) is 0.235. The molecule has 0 aliphatic heterocycles. The standard InChI is InChI=1S/C17H18O4S/c1-12(19)15-7-8-17(16(9-15)21-2)22(20)11-14-5-3-13(10-18)4-6-14/h3-9,18H,10-11H2,1-2H3. The van der Waals surface area contributed by atoms with Gasteiger partial charge in [0.2, 0.25) is 0 Å². The summed E-state index contributed by atoms with van der Waals surface area (Å²) < 4.78 is 17.8. The molecular weight excluding hydrogens is 300 g/mol. The Balaban J connectivity index is 2.22. The number of aliphatic hydroxyl groups excluding tert-OH is 1.